The number of nitrogens with zero attached hydrogens (tertiary/aromatic N) is 2. The lowest BCUT2D eigenvalue weighted by Crippen LogP contribution is -2.45. The van der Waals surface area contributed by atoms with Gasteiger partial charge < -0.3 is 20.3 Å². The van der Waals surface area contributed by atoms with Gasteiger partial charge in [0.15, 0.2) is 5.96 Å². The number of aryl methyl sites for hydroxylation is 1. The Labute approximate surface area is 175 Å². The molecule has 1 aromatic rings. The predicted molar refractivity (Wildman–Crippen MR) is 117 cm³/mol. The first-order chi connectivity index (χ1) is 14.2. The number of guanidine groups is 1. The van der Waals surface area contributed by atoms with Crippen LogP contribution in [0, 0.1) is 5.92 Å². The number of carbonyl (C=O) groups excluding carboxylic acids is 1. The predicted octanol–water partition coefficient (Wildman–Crippen LogP) is 2.97. The largest absolute Gasteiger partial charge is 0.497 e. The Kier molecular flexibility index (Phi) is 8.20. The quantitative estimate of drug-likeness (QED) is 0.400. The summed E-state index contributed by atoms with van der Waals surface area (Å²) in [7, 11) is 1.69. The molecule has 0 bridgehead atoms. The van der Waals surface area contributed by atoms with Crippen molar-refractivity contribution in [2.24, 2.45) is 10.9 Å². The molecule has 2 fully saturated rings. The number of amides is 1. The zero-order valence-electron chi connectivity index (χ0n) is 18.0. The van der Waals surface area contributed by atoms with E-state index in [1.54, 1.807) is 7.11 Å². The highest BCUT2D eigenvalue weighted by molar-refractivity contribution is 5.81. The Morgan fingerprint density at radius 2 is 1.97 bits per heavy atom. The van der Waals surface area contributed by atoms with Crippen LogP contribution in [0.5, 0.6) is 5.75 Å². The smallest absolute Gasteiger partial charge is 0.225 e. The first-order valence-electron chi connectivity index (χ1n) is 11.2. The number of likely N-dealkylation sites (tertiary alicyclic amines) is 1. The van der Waals surface area contributed by atoms with Gasteiger partial charge in [-0.2, -0.15) is 0 Å². The van der Waals surface area contributed by atoms with Gasteiger partial charge in [-0.25, -0.2) is 0 Å². The summed E-state index contributed by atoms with van der Waals surface area (Å²) >= 11 is 0. The highest BCUT2D eigenvalue weighted by Crippen LogP contribution is 2.27. The summed E-state index contributed by atoms with van der Waals surface area (Å²) in [5.41, 5.74) is 1.30. The number of ether oxygens (including phenoxy) is 1. The number of benzene rings is 1. The molecule has 1 saturated carbocycles. The van der Waals surface area contributed by atoms with Gasteiger partial charge in [-0.05, 0) is 56.7 Å². The SMILES string of the molecule is CCNC(=NCCCc1ccc(OC)cc1)NC1CCN(C(=O)C2CCCC2)C1. The number of hydrogen-bond acceptors (Lipinski definition) is 3. The van der Waals surface area contributed by atoms with Crippen LogP contribution in [0.4, 0.5) is 0 Å². The molecular formula is C23H36N4O2. The Balaban J connectivity index is 1.43. The standard InChI is InChI=1S/C23H36N4O2/c1-3-24-23(25-15-6-7-18-10-12-21(29-2)13-11-18)26-20-14-16-27(17-20)22(28)19-8-4-5-9-19/h10-13,19-20H,3-9,14-17H2,1-2H3,(H2,24,25,26). The highest BCUT2D eigenvalue weighted by atomic mass is 16.5. The lowest BCUT2D eigenvalue weighted by atomic mass is 10.1. The Hall–Kier alpha value is -2.24. The maximum atomic E-state index is 12.6. The number of aliphatic imine (C=N–C) groups is 1. The molecule has 0 radical (unpaired) electrons. The molecule has 1 aliphatic carbocycles. The van der Waals surface area contributed by atoms with Crippen LogP contribution < -0.4 is 15.4 Å². The summed E-state index contributed by atoms with van der Waals surface area (Å²) in [6.07, 6.45) is 7.56. The van der Waals surface area contributed by atoms with Crippen LogP contribution in [0.15, 0.2) is 29.3 Å². The van der Waals surface area contributed by atoms with Crippen molar-refractivity contribution in [2.75, 3.05) is 33.3 Å². The minimum atomic E-state index is 0.272. The topological polar surface area (TPSA) is 66.0 Å². The summed E-state index contributed by atoms with van der Waals surface area (Å²) in [5.74, 6) is 2.40. The van der Waals surface area contributed by atoms with Crippen molar-refractivity contribution in [1.82, 2.24) is 15.5 Å². The van der Waals surface area contributed by atoms with E-state index >= 15 is 0 Å². The summed E-state index contributed by atoms with van der Waals surface area (Å²) in [5, 5.41) is 6.88. The number of carbonyl (C=O) groups is 1. The maximum absolute atomic E-state index is 12.6. The van der Waals surface area contributed by atoms with Crippen LogP contribution in [0.1, 0.15) is 51.0 Å². The molecule has 1 aliphatic heterocycles. The zero-order valence-corrected chi connectivity index (χ0v) is 18.0. The fraction of sp³-hybridized carbons (Fsp3) is 0.652. The zero-order chi connectivity index (χ0) is 20.5. The van der Waals surface area contributed by atoms with Gasteiger partial charge in [-0.3, -0.25) is 9.79 Å². The van der Waals surface area contributed by atoms with E-state index in [1.807, 2.05) is 12.1 Å². The summed E-state index contributed by atoms with van der Waals surface area (Å²) in [6.45, 7) is 5.36. The third-order valence-corrected chi connectivity index (χ3v) is 5.94. The molecule has 1 aromatic carbocycles. The average Bonchev–Trinajstić information content (AvgIpc) is 3.43. The maximum Gasteiger partial charge on any atom is 0.225 e. The first kappa shape index (κ1) is 21.5. The second kappa shape index (κ2) is 11.1. The van der Waals surface area contributed by atoms with E-state index < -0.39 is 0 Å². The summed E-state index contributed by atoms with van der Waals surface area (Å²) in [6, 6.07) is 8.52. The number of rotatable bonds is 8. The molecule has 2 aliphatic rings. The fourth-order valence-corrected chi connectivity index (χ4v) is 4.29. The molecule has 6 heteroatoms. The third-order valence-electron chi connectivity index (χ3n) is 5.94. The normalized spacial score (nSPS) is 20.1. The van der Waals surface area contributed by atoms with Crippen LogP contribution in [0.3, 0.4) is 0 Å². The average molecular weight is 401 g/mol. The molecule has 2 N–H and O–H groups in total. The van der Waals surface area contributed by atoms with Crippen LogP contribution in [-0.2, 0) is 11.2 Å². The van der Waals surface area contributed by atoms with Crippen molar-refractivity contribution in [3.05, 3.63) is 29.8 Å². The van der Waals surface area contributed by atoms with Gasteiger partial charge in [-0.15, -0.1) is 0 Å². The lowest BCUT2D eigenvalue weighted by molar-refractivity contribution is -0.134. The van der Waals surface area contributed by atoms with E-state index in [1.165, 1.54) is 18.4 Å². The van der Waals surface area contributed by atoms with Crippen molar-refractivity contribution in [3.8, 4) is 5.75 Å². The molecule has 160 valence electrons. The summed E-state index contributed by atoms with van der Waals surface area (Å²) < 4.78 is 5.20. The Morgan fingerprint density at radius 1 is 1.21 bits per heavy atom. The third kappa shape index (κ3) is 6.38. The fourth-order valence-electron chi connectivity index (χ4n) is 4.29. The molecule has 6 nitrogen and oxygen atoms in total. The van der Waals surface area contributed by atoms with Gasteiger partial charge in [-0.1, -0.05) is 25.0 Å². The highest BCUT2D eigenvalue weighted by Gasteiger charge is 2.32. The molecule has 0 aromatic heterocycles. The van der Waals surface area contributed by atoms with Crippen molar-refractivity contribution >= 4 is 11.9 Å². The molecule has 1 atom stereocenters. The second-order valence-electron chi connectivity index (χ2n) is 8.11. The molecule has 3 rings (SSSR count). The van der Waals surface area contributed by atoms with Crippen LogP contribution in [0.25, 0.3) is 0 Å². The van der Waals surface area contributed by atoms with Crippen molar-refractivity contribution in [2.45, 2.75) is 57.9 Å². The van der Waals surface area contributed by atoms with E-state index in [2.05, 4.69) is 34.6 Å². The number of nitrogens with one attached hydrogen (secondary N) is 2. The van der Waals surface area contributed by atoms with Gasteiger partial charge >= 0.3 is 0 Å². The van der Waals surface area contributed by atoms with Crippen LogP contribution in [-0.4, -0.2) is 56.1 Å². The lowest BCUT2D eigenvalue weighted by Gasteiger charge is -2.21. The minimum absolute atomic E-state index is 0.272. The van der Waals surface area contributed by atoms with Gasteiger partial charge in [0.2, 0.25) is 5.91 Å². The van der Waals surface area contributed by atoms with Crippen LogP contribution >= 0.6 is 0 Å². The molecular weight excluding hydrogens is 364 g/mol. The minimum Gasteiger partial charge on any atom is -0.497 e. The first-order valence-corrected chi connectivity index (χ1v) is 11.2. The van der Waals surface area contributed by atoms with E-state index in [0.29, 0.717) is 11.9 Å². The Bertz CT molecular complexity index is 668. The van der Waals surface area contributed by atoms with E-state index in [9.17, 15) is 4.79 Å². The van der Waals surface area contributed by atoms with Gasteiger partial charge in [0.05, 0.1) is 7.11 Å². The van der Waals surface area contributed by atoms with Gasteiger partial charge in [0.25, 0.3) is 0 Å². The Morgan fingerprint density at radius 3 is 2.66 bits per heavy atom. The van der Waals surface area contributed by atoms with E-state index in [4.69, 9.17) is 9.73 Å². The second-order valence-corrected chi connectivity index (χ2v) is 8.11. The molecule has 1 amide bonds. The van der Waals surface area contributed by atoms with E-state index in [0.717, 1.165) is 70.0 Å². The van der Waals surface area contributed by atoms with Crippen molar-refractivity contribution in [1.29, 1.82) is 0 Å². The monoisotopic (exact) mass is 400 g/mol. The van der Waals surface area contributed by atoms with Gasteiger partial charge in [0.1, 0.15) is 5.75 Å². The number of methoxy groups -OCH3 is 1. The van der Waals surface area contributed by atoms with E-state index in [-0.39, 0.29) is 5.92 Å². The molecule has 1 unspecified atom stereocenters. The number of hydrogen-bond donors (Lipinski definition) is 2. The molecule has 0 spiro atoms. The molecule has 29 heavy (non-hydrogen) atoms. The van der Waals surface area contributed by atoms with Crippen molar-refractivity contribution < 1.29 is 9.53 Å². The molecule has 1 saturated heterocycles. The summed E-state index contributed by atoms with van der Waals surface area (Å²) in [4.78, 5) is 19.4. The molecule has 1 heterocycles. The van der Waals surface area contributed by atoms with Crippen LogP contribution in [0.2, 0.25) is 0 Å². The van der Waals surface area contributed by atoms with Crippen molar-refractivity contribution in [3.63, 3.8) is 0 Å². The van der Waals surface area contributed by atoms with Gasteiger partial charge in [0, 0.05) is 38.1 Å².